The number of hydrogen-bond acceptors (Lipinski definition) is 4. The van der Waals surface area contributed by atoms with Gasteiger partial charge in [-0.2, -0.15) is 0 Å². The zero-order chi connectivity index (χ0) is 21.5. The van der Waals surface area contributed by atoms with Gasteiger partial charge in [0.15, 0.2) is 0 Å². The largest absolute Gasteiger partial charge is 0.462 e. The standard InChI is InChI=1S/C25H40O4/c1-5-7-13-21(6-2)19-29-25(27)23-16-14-22(15-17-23)24(26)28-18-11-9-8-10-12-20(3)4/h14-17,20-21H,5-13,18-19H2,1-4H3. The van der Waals surface area contributed by atoms with Gasteiger partial charge in [0.25, 0.3) is 0 Å². The van der Waals surface area contributed by atoms with Gasteiger partial charge >= 0.3 is 11.9 Å². The van der Waals surface area contributed by atoms with Crippen molar-refractivity contribution in [3.8, 4) is 0 Å². The van der Waals surface area contributed by atoms with E-state index in [1.54, 1.807) is 24.3 Å². The van der Waals surface area contributed by atoms with Gasteiger partial charge in [0, 0.05) is 0 Å². The molecule has 0 bridgehead atoms. The van der Waals surface area contributed by atoms with E-state index in [9.17, 15) is 9.59 Å². The summed E-state index contributed by atoms with van der Waals surface area (Å²) in [6.45, 7) is 9.67. The van der Waals surface area contributed by atoms with Crippen molar-refractivity contribution in [3.63, 3.8) is 0 Å². The molecule has 0 N–H and O–H groups in total. The van der Waals surface area contributed by atoms with E-state index in [0.29, 0.717) is 30.3 Å². The first-order valence-corrected chi connectivity index (χ1v) is 11.4. The van der Waals surface area contributed by atoms with Crippen molar-refractivity contribution in [2.75, 3.05) is 13.2 Å². The van der Waals surface area contributed by atoms with E-state index in [1.165, 1.54) is 19.3 Å². The van der Waals surface area contributed by atoms with E-state index in [2.05, 4.69) is 27.7 Å². The minimum Gasteiger partial charge on any atom is -0.462 e. The summed E-state index contributed by atoms with van der Waals surface area (Å²) in [5.74, 6) is 0.500. The Bertz CT molecular complexity index is 577. The molecule has 0 amide bonds. The Morgan fingerprint density at radius 3 is 1.93 bits per heavy atom. The Labute approximate surface area is 177 Å². The van der Waals surface area contributed by atoms with Crippen molar-refractivity contribution in [2.45, 2.75) is 85.5 Å². The Balaban J connectivity index is 2.32. The van der Waals surface area contributed by atoms with Crippen LogP contribution < -0.4 is 0 Å². The van der Waals surface area contributed by atoms with Gasteiger partial charge in [0.05, 0.1) is 24.3 Å². The molecular weight excluding hydrogens is 364 g/mol. The van der Waals surface area contributed by atoms with E-state index < -0.39 is 0 Å². The number of carbonyl (C=O) groups is 2. The topological polar surface area (TPSA) is 52.6 Å². The van der Waals surface area contributed by atoms with Crippen molar-refractivity contribution in [2.24, 2.45) is 11.8 Å². The van der Waals surface area contributed by atoms with Crippen LogP contribution in [0.2, 0.25) is 0 Å². The zero-order valence-electron chi connectivity index (χ0n) is 18.9. The van der Waals surface area contributed by atoms with Gasteiger partial charge < -0.3 is 9.47 Å². The van der Waals surface area contributed by atoms with E-state index in [0.717, 1.165) is 44.4 Å². The lowest BCUT2D eigenvalue weighted by molar-refractivity contribution is 0.0425. The van der Waals surface area contributed by atoms with Gasteiger partial charge in [-0.15, -0.1) is 0 Å². The quantitative estimate of drug-likeness (QED) is 0.238. The minimum absolute atomic E-state index is 0.332. The number of unbranched alkanes of at least 4 members (excludes halogenated alkanes) is 4. The molecule has 0 saturated carbocycles. The number of carbonyl (C=O) groups excluding carboxylic acids is 2. The maximum atomic E-state index is 12.2. The summed E-state index contributed by atoms with van der Waals surface area (Å²) in [6.07, 6.45) is 10.1. The smallest absolute Gasteiger partial charge is 0.338 e. The average molecular weight is 405 g/mol. The fourth-order valence-corrected chi connectivity index (χ4v) is 3.17. The minimum atomic E-state index is -0.335. The van der Waals surface area contributed by atoms with Gasteiger partial charge in [0.2, 0.25) is 0 Å². The van der Waals surface area contributed by atoms with Crippen LogP contribution in [0.15, 0.2) is 24.3 Å². The molecule has 0 radical (unpaired) electrons. The maximum Gasteiger partial charge on any atom is 0.338 e. The van der Waals surface area contributed by atoms with Gasteiger partial charge in [-0.1, -0.05) is 72.6 Å². The van der Waals surface area contributed by atoms with E-state index in [-0.39, 0.29) is 11.9 Å². The van der Waals surface area contributed by atoms with Crippen LogP contribution in [0.25, 0.3) is 0 Å². The number of ether oxygens (including phenoxy) is 2. The normalized spacial score (nSPS) is 12.0. The van der Waals surface area contributed by atoms with Crippen LogP contribution in [0.4, 0.5) is 0 Å². The Hall–Kier alpha value is -1.84. The van der Waals surface area contributed by atoms with E-state index in [1.807, 2.05) is 0 Å². The molecule has 29 heavy (non-hydrogen) atoms. The van der Waals surface area contributed by atoms with Crippen LogP contribution in [0.1, 0.15) is 106 Å². The van der Waals surface area contributed by atoms with Crippen molar-refractivity contribution >= 4 is 11.9 Å². The fraction of sp³-hybridized carbons (Fsp3) is 0.680. The van der Waals surface area contributed by atoms with Gasteiger partial charge in [-0.25, -0.2) is 9.59 Å². The van der Waals surface area contributed by atoms with E-state index in [4.69, 9.17) is 9.47 Å². The van der Waals surface area contributed by atoms with Crippen LogP contribution in [0.5, 0.6) is 0 Å². The van der Waals surface area contributed by atoms with E-state index >= 15 is 0 Å². The molecule has 0 fully saturated rings. The molecule has 1 unspecified atom stereocenters. The summed E-state index contributed by atoms with van der Waals surface area (Å²) < 4.78 is 10.8. The molecule has 0 saturated heterocycles. The highest BCUT2D eigenvalue weighted by molar-refractivity contribution is 5.93. The molecule has 0 aromatic heterocycles. The van der Waals surface area contributed by atoms with Gasteiger partial charge in [-0.05, 0) is 48.9 Å². The molecule has 0 spiro atoms. The second-order valence-electron chi connectivity index (χ2n) is 8.32. The third kappa shape index (κ3) is 11.1. The molecule has 4 nitrogen and oxygen atoms in total. The Morgan fingerprint density at radius 1 is 0.793 bits per heavy atom. The first kappa shape index (κ1) is 25.2. The molecule has 1 rings (SSSR count). The molecule has 164 valence electrons. The predicted molar refractivity (Wildman–Crippen MR) is 118 cm³/mol. The number of esters is 2. The van der Waals surface area contributed by atoms with Crippen molar-refractivity contribution in [1.82, 2.24) is 0 Å². The van der Waals surface area contributed by atoms with Crippen LogP contribution in [0, 0.1) is 11.8 Å². The molecule has 4 heteroatoms. The monoisotopic (exact) mass is 404 g/mol. The third-order valence-corrected chi connectivity index (χ3v) is 5.26. The second kappa shape index (κ2) is 15.1. The summed E-state index contributed by atoms with van der Waals surface area (Å²) >= 11 is 0. The highest BCUT2D eigenvalue weighted by Gasteiger charge is 2.13. The number of hydrogen-bond donors (Lipinski definition) is 0. The molecule has 1 aromatic carbocycles. The van der Waals surface area contributed by atoms with Gasteiger partial charge in [-0.3, -0.25) is 0 Å². The molecular formula is C25H40O4. The first-order valence-electron chi connectivity index (χ1n) is 11.4. The fourth-order valence-electron chi connectivity index (χ4n) is 3.17. The van der Waals surface area contributed by atoms with Crippen LogP contribution in [-0.2, 0) is 9.47 Å². The second-order valence-corrected chi connectivity index (χ2v) is 8.32. The zero-order valence-corrected chi connectivity index (χ0v) is 18.9. The van der Waals surface area contributed by atoms with Crippen LogP contribution in [-0.4, -0.2) is 25.2 Å². The van der Waals surface area contributed by atoms with Crippen LogP contribution in [0.3, 0.4) is 0 Å². The summed E-state index contributed by atoms with van der Waals surface area (Å²) in [5, 5.41) is 0. The van der Waals surface area contributed by atoms with Crippen molar-refractivity contribution in [1.29, 1.82) is 0 Å². The average Bonchev–Trinajstić information content (AvgIpc) is 2.72. The highest BCUT2D eigenvalue weighted by atomic mass is 16.5. The van der Waals surface area contributed by atoms with Crippen molar-refractivity contribution in [3.05, 3.63) is 35.4 Å². The summed E-state index contributed by atoms with van der Waals surface area (Å²) in [5.41, 5.74) is 0.938. The molecule has 0 heterocycles. The Kier molecular flexibility index (Phi) is 13.1. The summed E-state index contributed by atoms with van der Waals surface area (Å²) in [4.78, 5) is 24.3. The Morgan fingerprint density at radius 2 is 1.38 bits per heavy atom. The molecule has 1 atom stereocenters. The summed E-state index contributed by atoms with van der Waals surface area (Å²) in [6, 6.07) is 6.54. The molecule has 0 aliphatic rings. The molecule has 0 aliphatic carbocycles. The lowest BCUT2D eigenvalue weighted by Crippen LogP contribution is -2.14. The number of rotatable bonds is 15. The molecule has 1 aromatic rings. The maximum absolute atomic E-state index is 12.2. The summed E-state index contributed by atoms with van der Waals surface area (Å²) in [7, 11) is 0. The lowest BCUT2D eigenvalue weighted by Gasteiger charge is -2.14. The molecule has 0 aliphatic heterocycles. The lowest BCUT2D eigenvalue weighted by atomic mass is 10.0. The predicted octanol–water partition coefficient (Wildman–Crippen LogP) is 6.82. The highest BCUT2D eigenvalue weighted by Crippen LogP contribution is 2.15. The van der Waals surface area contributed by atoms with Crippen LogP contribution >= 0.6 is 0 Å². The third-order valence-electron chi connectivity index (χ3n) is 5.26. The number of benzene rings is 1. The first-order chi connectivity index (χ1) is 14.0. The van der Waals surface area contributed by atoms with Crippen molar-refractivity contribution < 1.29 is 19.1 Å². The SMILES string of the molecule is CCCCC(CC)COC(=O)c1ccc(C(=O)OCCCCCCC(C)C)cc1. The van der Waals surface area contributed by atoms with Gasteiger partial charge in [0.1, 0.15) is 0 Å².